The van der Waals surface area contributed by atoms with E-state index in [1.54, 1.807) is 18.2 Å². The van der Waals surface area contributed by atoms with E-state index in [1.807, 2.05) is 0 Å². The lowest BCUT2D eigenvalue weighted by molar-refractivity contribution is 0.00624. The number of rotatable bonds is 3. The molecule has 5 nitrogen and oxygen atoms in total. The van der Waals surface area contributed by atoms with Crippen molar-refractivity contribution in [2.24, 2.45) is 0 Å². The van der Waals surface area contributed by atoms with Gasteiger partial charge >= 0.3 is 5.97 Å². The first-order valence-electron chi connectivity index (χ1n) is 7.46. The van der Waals surface area contributed by atoms with Gasteiger partial charge in [-0.2, -0.15) is 0 Å². The Morgan fingerprint density at radius 2 is 2.33 bits per heavy atom. The Morgan fingerprint density at radius 3 is 3.00 bits per heavy atom. The number of ether oxygens (including phenoxy) is 1. The van der Waals surface area contributed by atoms with Gasteiger partial charge < -0.3 is 14.4 Å². The van der Waals surface area contributed by atoms with Crippen LogP contribution in [0.1, 0.15) is 48.9 Å². The van der Waals surface area contributed by atoms with Crippen LogP contribution in [0.3, 0.4) is 0 Å². The minimum atomic E-state index is -0.900. The highest BCUT2D eigenvalue weighted by Gasteiger charge is 2.24. The molecule has 1 aliphatic rings. The predicted molar refractivity (Wildman–Crippen MR) is 79.8 cm³/mol. The predicted octanol–water partition coefficient (Wildman–Crippen LogP) is 3.04. The molecule has 0 saturated carbocycles. The number of hydrogen-bond acceptors (Lipinski definition) is 3. The molecule has 1 aliphatic heterocycles. The Balaban J connectivity index is 2.13. The number of nitrogens with zero attached hydrogens (tertiary/aromatic N) is 2. The van der Waals surface area contributed by atoms with Crippen LogP contribution in [0.15, 0.2) is 18.2 Å². The molecule has 1 aromatic carbocycles. The van der Waals surface area contributed by atoms with Crippen molar-refractivity contribution in [2.75, 3.05) is 6.61 Å². The Morgan fingerprint density at radius 1 is 1.52 bits per heavy atom. The molecule has 2 aromatic rings. The first kappa shape index (κ1) is 14.1. The number of aromatic carboxylic acids is 1. The maximum absolute atomic E-state index is 11.2. The van der Waals surface area contributed by atoms with Gasteiger partial charge in [-0.15, -0.1) is 0 Å². The van der Waals surface area contributed by atoms with Gasteiger partial charge in [0, 0.05) is 19.1 Å². The van der Waals surface area contributed by atoms with Crippen molar-refractivity contribution in [3.63, 3.8) is 0 Å². The van der Waals surface area contributed by atoms with Crippen LogP contribution in [0.2, 0.25) is 0 Å². The van der Waals surface area contributed by atoms with Crippen molar-refractivity contribution in [3.8, 4) is 0 Å². The smallest absolute Gasteiger partial charge is 0.335 e. The number of aryl methyl sites for hydroxylation is 1. The maximum Gasteiger partial charge on any atom is 0.335 e. The summed E-state index contributed by atoms with van der Waals surface area (Å²) in [5.74, 6) is 0.120. The highest BCUT2D eigenvalue weighted by atomic mass is 16.5. The summed E-state index contributed by atoms with van der Waals surface area (Å²) in [5.41, 5.74) is 2.10. The summed E-state index contributed by atoms with van der Waals surface area (Å²) >= 11 is 0. The molecule has 2 heterocycles. The molecule has 1 fully saturated rings. The summed E-state index contributed by atoms with van der Waals surface area (Å²) in [7, 11) is 0. The van der Waals surface area contributed by atoms with E-state index >= 15 is 0 Å². The molecule has 2 atom stereocenters. The SMILES string of the molecule is CCc1nc2ccc(C(=O)O)cc2n1C1CCOC(C)C1. The molecule has 1 N–H and O–H groups in total. The molecule has 21 heavy (non-hydrogen) atoms. The minimum Gasteiger partial charge on any atom is -0.478 e. The van der Waals surface area contributed by atoms with Crippen molar-refractivity contribution in [1.82, 2.24) is 9.55 Å². The number of fused-ring (bicyclic) bond motifs is 1. The maximum atomic E-state index is 11.2. The molecule has 112 valence electrons. The van der Waals surface area contributed by atoms with Gasteiger partial charge in [-0.3, -0.25) is 0 Å². The van der Waals surface area contributed by atoms with Gasteiger partial charge in [0.05, 0.1) is 22.7 Å². The number of imidazole rings is 1. The summed E-state index contributed by atoms with van der Waals surface area (Å²) in [6.07, 6.45) is 2.95. The zero-order valence-corrected chi connectivity index (χ0v) is 12.4. The molecule has 0 amide bonds. The van der Waals surface area contributed by atoms with E-state index in [4.69, 9.17) is 4.74 Å². The topological polar surface area (TPSA) is 64.3 Å². The summed E-state index contributed by atoms with van der Waals surface area (Å²) in [6.45, 7) is 4.91. The van der Waals surface area contributed by atoms with Crippen LogP contribution in [0.4, 0.5) is 0 Å². The highest BCUT2D eigenvalue weighted by Crippen LogP contribution is 2.31. The van der Waals surface area contributed by atoms with Crippen molar-refractivity contribution in [2.45, 2.75) is 45.3 Å². The average molecular weight is 288 g/mol. The average Bonchev–Trinajstić information content (AvgIpc) is 2.84. The second-order valence-electron chi connectivity index (χ2n) is 5.62. The second kappa shape index (κ2) is 5.48. The molecule has 0 aliphatic carbocycles. The highest BCUT2D eigenvalue weighted by molar-refractivity contribution is 5.92. The third-order valence-electron chi connectivity index (χ3n) is 4.15. The van der Waals surface area contributed by atoms with Gasteiger partial charge in [0.25, 0.3) is 0 Å². The van der Waals surface area contributed by atoms with Crippen molar-refractivity contribution < 1.29 is 14.6 Å². The number of carboxylic acids is 1. The zero-order valence-electron chi connectivity index (χ0n) is 12.4. The van der Waals surface area contributed by atoms with Crippen molar-refractivity contribution in [3.05, 3.63) is 29.6 Å². The summed E-state index contributed by atoms with van der Waals surface area (Å²) < 4.78 is 7.85. The van der Waals surface area contributed by atoms with E-state index in [1.165, 1.54) is 0 Å². The molecule has 2 unspecified atom stereocenters. The van der Waals surface area contributed by atoms with Crippen molar-refractivity contribution >= 4 is 17.0 Å². The van der Waals surface area contributed by atoms with Crippen LogP contribution in [0.25, 0.3) is 11.0 Å². The molecule has 1 aromatic heterocycles. The monoisotopic (exact) mass is 288 g/mol. The Bertz CT molecular complexity index is 677. The molecule has 5 heteroatoms. The lowest BCUT2D eigenvalue weighted by Crippen LogP contribution is -2.26. The van der Waals surface area contributed by atoms with Crippen LogP contribution in [-0.4, -0.2) is 33.3 Å². The lowest BCUT2D eigenvalue weighted by atomic mass is 10.0. The number of aromatic nitrogens is 2. The van der Waals surface area contributed by atoms with Gasteiger partial charge in [-0.05, 0) is 38.0 Å². The van der Waals surface area contributed by atoms with Gasteiger partial charge in [0.15, 0.2) is 0 Å². The molecule has 0 spiro atoms. The number of carboxylic acid groups (broad SMARTS) is 1. The van der Waals surface area contributed by atoms with Gasteiger partial charge in [0.1, 0.15) is 5.82 Å². The fraction of sp³-hybridized carbons (Fsp3) is 0.500. The molecule has 3 rings (SSSR count). The molecule has 1 saturated heterocycles. The van der Waals surface area contributed by atoms with Crippen LogP contribution in [0.5, 0.6) is 0 Å². The summed E-state index contributed by atoms with van der Waals surface area (Å²) in [5, 5.41) is 9.20. The van der Waals surface area contributed by atoms with Gasteiger partial charge in [-0.25, -0.2) is 9.78 Å². The third-order valence-corrected chi connectivity index (χ3v) is 4.15. The standard InChI is InChI=1S/C16H20N2O3/c1-3-15-17-13-5-4-11(16(19)20)9-14(13)18(15)12-6-7-21-10(2)8-12/h4-5,9-10,12H,3,6-8H2,1-2H3,(H,19,20). The lowest BCUT2D eigenvalue weighted by Gasteiger charge is -2.29. The Kier molecular flexibility index (Phi) is 3.68. The molecular weight excluding hydrogens is 268 g/mol. The fourth-order valence-corrected chi connectivity index (χ4v) is 3.14. The first-order valence-corrected chi connectivity index (χ1v) is 7.46. The number of carbonyl (C=O) groups is 1. The van der Waals surface area contributed by atoms with E-state index in [9.17, 15) is 9.90 Å². The largest absolute Gasteiger partial charge is 0.478 e. The molecular formula is C16H20N2O3. The minimum absolute atomic E-state index is 0.230. The van der Waals surface area contributed by atoms with Crippen LogP contribution >= 0.6 is 0 Å². The molecule has 0 radical (unpaired) electrons. The summed E-state index contributed by atoms with van der Waals surface area (Å²) in [4.78, 5) is 15.9. The quantitative estimate of drug-likeness (QED) is 0.942. The van der Waals surface area contributed by atoms with E-state index in [2.05, 4.69) is 23.4 Å². The second-order valence-corrected chi connectivity index (χ2v) is 5.62. The zero-order chi connectivity index (χ0) is 15.0. The van der Waals surface area contributed by atoms with Gasteiger partial charge in [0.2, 0.25) is 0 Å². The van der Waals surface area contributed by atoms with E-state index in [0.29, 0.717) is 11.6 Å². The Hall–Kier alpha value is -1.88. The number of hydrogen-bond donors (Lipinski definition) is 1. The van der Waals surface area contributed by atoms with Gasteiger partial charge in [-0.1, -0.05) is 6.92 Å². The van der Waals surface area contributed by atoms with E-state index in [0.717, 1.165) is 42.7 Å². The van der Waals surface area contributed by atoms with E-state index in [-0.39, 0.29) is 6.10 Å². The van der Waals surface area contributed by atoms with Crippen LogP contribution in [0, 0.1) is 0 Å². The fourth-order valence-electron chi connectivity index (χ4n) is 3.14. The van der Waals surface area contributed by atoms with Crippen LogP contribution in [-0.2, 0) is 11.2 Å². The van der Waals surface area contributed by atoms with Crippen molar-refractivity contribution in [1.29, 1.82) is 0 Å². The van der Waals surface area contributed by atoms with E-state index < -0.39 is 5.97 Å². The number of benzene rings is 1. The molecule has 0 bridgehead atoms. The normalized spacial score (nSPS) is 22.6. The first-order chi connectivity index (χ1) is 10.1. The third kappa shape index (κ3) is 2.53. The Labute approximate surface area is 123 Å². The summed E-state index contributed by atoms with van der Waals surface area (Å²) in [6, 6.07) is 5.49. The van der Waals surface area contributed by atoms with Crippen LogP contribution < -0.4 is 0 Å².